The monoisotopic (exact) mass is 461 g/mol. The second-order valence-electron chi connectivity index (χ2n) is 7.96. The van der Waals surface area contributed by atoms with Crippen LogP contribution >= 0.6 is 0 Å². The number of likely N-dealkylation sites (tertiary alicyclic amines) is 1. The minimum atomic E-state index is -1.71. The maximum Gasteiger partial charge on any atom is 0.262 e. The molecule has 5 heterocycles. The minimum Gasteiger partial charge on any atom is -0.373 e. The van der Waals surface area contributed by atoms with Crippen LogP contribution in [0.2, 0.25) is 0 Å². The van der Waals surface area contributed by atoms with E-state index in [0.717, 1.165) is 0 Å². The third-order valence-electron chi connectivity index (χ3n) is 5.60. The van der Waals surface area contributed by atoms with E-state index in [4.69, 9.17) is 10.3 Å². The zero-order valence-corrected chi connectivity index (χ0v) is 18.4. The summed E-state index contributed by atoms with van der Waals surface area (Å²) in [5.41, 5.74) is 5.97. The van der Waals surface area contributed by atoms with Crippen molar-refractivity contribution < 1.29 is 14.4 Å². The largest absolute Gasteiger partial charge is 0.373 e. The van der Waals surface area contributed by atoms with Crippen LogP contribution in [0.4, 0.5) is 11.8 Å². The first-order chi connectivity index (χ1) is 16.5. The molecule has 1 fully saturated rings. The van der Waals surface area contributed by atoms with Gasteiger partial charge in [-0.05, 0) is 18.2 Å². The molecule has 1 aliphatic heterocycles. The van der Waals surface area contributed by atoms with Crippen LogP contribution in [0.5, 0.6) is 0 Å². The van der Waals surface area contributed by atoms with E-state index in [0.29, 0.717) is 54.2 Å². The zero-order chi connectivity index (χ0) is 23.7. The van der Waals surface area contributed by atoms with Gasteiger partial charge in [-0.25, -0.2) is 15.0 Å². The van der Waals surface area contributed by atoms with Gasteiger partial charge in [-0.1, -0.05) is 11.2 Å². The number of likely N-dealkylation sites (N-methyl/N-ethyl adjacent to an activating group) is 1. The molecule has 1 atom stereocenters. The van der Waals surface area contributed by atoms with Gasteiger partial charge in [-0.3, -0.25) is 9.48 Å². The molecule has 1 saturated heterocycles. The number of aliphatic hydroxyl groups is 1. The molecule has 12 heteroatoms. The Morgan fingerprint density at radius 1 is 1.18 bits per heavy atom. The van der Waals surface area contributed by atoms with Crippen LogP contribution in [0.1, 0.15) is 12.2 Å². The van der Waals surface area contributed by atoms with Crippen molar-refractivity contribution in [3.8, 4) is 22.8 Å². The third kappa shape index (κ3) is 4.00. The summed E-state index contributed by atoms with van der Waals surface area (Å²) in [6, 6.07) is 10.5. The number of rotatable bonds is 7. The number of nitrogens with one attached hydrogen (secondary N) is 1. The number of carbonyl (C=O) groups excluding carboxylic acids is 1. The molecule has 0 aromatic carbocycles. The molecule has 4 aromatic heterocycles. The van der Waals surface area contributed by atoms with Gasteiger partial charge in [-0.2, -0.15) is 5.10 Å². The lowest BCUT2D eigenvalue weighted by molar-refractivity contribution is -0.144. The highest BCUT2D eigenvalue weighted by Crippen LogP contribution is 2.34. The van der Waals surface area contributed by atoms with Gasteiger partial charge in [0.15, 0.2) is 11.6 Å². The lowest BCUT2D eigenvalue weighted by Gasteiger charge is -2.16. The third-order valence-corrected chi connectivity index (χ3v) is 5.60. The summed E-state index contributed by atoms with van der Waals surface area (Å²) in [7, 11) is 1.64. The van der Waals surface area contributed by atoms with Crippen molar-refractivity contribution in [1.82, 2.24) is 34.8 Å². The number of aromatic nitrogens is 6. The van der Waals surface area contributed by atoms with Gasteiger partial charge in [0.05, 0.1) is 23.6 Å². The molecular formula is C22H23N9O3. The first kappa shape index (κ1) is 21.7. The second-order valence-corrected chi connectivity index (χ2v) is 7.96. The number of anilines is 2. The Bertz CT molecular complexity index is 1330. The molecule has 0 radical (unpaired) electrons. The highest BCUT2D eigenvalue weighted by molar-refractivity contribution is 5.87. The number of amides is 1. The standard InChI is InChI=1S/C22H23N9O3/c1-30-11-7-22(33,20(30)32)18-13-17(29-34-18)15-4-2-3-14(25-15)16-5-9-24-21(26-16)27-19-6-10-31(28-19)12-8-23/h2-6,9-10,13,33H,7-8,11-12,23H2,1H3,(H,24,26,27,28)/t22-/m1/s1. The number of nitrogens with zero attached hydrogens (tertiary/aromatic N) is 7. The molecule has 1 aliphatic rings. The van der Waals surface area contributed by atoms with Gasteiger partial charge in [0.1, 0.15) is 5.69 Å². The van der Waals surface area contributed by atoms with E-state index >= 15 is 0 Å². The summed E-state index contributed by atoms with van der Waals surface area (Å²) < 4.78 is 7.07. The molecular weight excluding hydrogens is 438 g/mol. The fourth-order valence-electron chi connectivity index (χ4n) is 3.75. The van der Waals surface area contributed by atoms with E-state index in [1.807, 2.05) is 24.4 Å². The number of nitrogens with two attached hydrogens (primary N) is 1. The van der Waals surface area contributed by atoms with Gasteiger partial charge in [-0.15, -0.1) is 0 Å². The summed E-state index contributed by atoms with van der Waals surface area (Å²) >= 11 is 0. The maximum atomic E-state index is 12.4. The van der Waals surface area contributed by atoms with Crippen molar-refractivity contribution in [2.45, 2.75) is 18.6 Å². The van der Waals surface area contributed by atoms with Crippen LogP contribution in [0.15, 0.2) is 53.3 Å². The Morgan fingerprint density at radius 2 is 1.97 bits per heavy atom. The number of carbonyl (C=O) groups is 1. The average Bonchev–Trinajstić information content (AvgIpc) is 3.58. The van der Waals surface area contributed by atoms with Crippen molar-refractivity contribution >= 4 is 17.7 Å². The normalized spacial score (nSPS) is 18.0. The highest BCUT2D eigenvalue weighted by atomic mass is 16.5. The second kappa shape index (κ2) is 8.65. The summed E-state index contributed by atoms with van der Waals surface area (Å²) in [4.78, 5) is 27.2. The molecule has 12 nitrogen and oxygen atoms in total. The number of hydrogen-bond acceptors (Lipinski definition) is 10. The van der Waals surface area contributed by atoms with Crippen LogP contribution in [-0.4, -0.2) is 65.9 Å². The lowest BCUT2D eigenvalue weighted by atomic mass is 9.98. The quantitative estimate of drug-likeness (QED) is 0.364. The fourth-order valence-corrected chi connectivity index (χ4v) is 3.75. The van der Waals surface area contributed by atoms with Gasteiger partial charge in [0.25, 0.3) is 5.91 Å². The Labute approximate surface area is 194 Å². The molecule has 4 aromatic rings. The van der Waals surface area contributed by atoms with Crippen LogP contribution in [0.3, 0.4) is 0 Å². The molecule has 0 unspecified atom stereocenters. The average molecular weight is 461 g/mol. The molecule has 0 aliphatic carbocycles. The highest BCUT2D eigenvalue weighted by Gasteiger charge is 2.48. The molecule has 0 bridgehead atoms. The Morgan fingerprint density at radius 3 is 2.74 bits per heavy atom. The van der Waals surface area contributed by atoms with Crippen molar-refractivity contribution in [2.24, 2.45) is 5.73 Å². The first-order valence-corrected chi connectivity index (χ1v) is 10.7. The summed E-state index contributed by atoms with van der Waals surface area (Å²) in [5.74, 6) is 0.669. The van der Waals surface area contributed by atoms with Gasteiger partial charge < -0.3 is 25.6 Å². The Kier molecular flexibility index (Phi) is 5.51. The SMILES string of the molecule is CN1CC[C@@](O)(c2cc(-c3cccc(-c4ccnc(Nc5ccn(CCN)n5)n4)n3)no2)C1=O. The summed E-state index contributed by atoms with van der Waals surface area (Å²) in [6.07, 6.45) is 3.69. The van der Waals surface area contributed by atoms with Crippen molar-refractivity contribution in [1.29, 1.82) is 0 Å². The zero-order valence-electron chi connectivity index (χ0n) is 18.4. The predicted molar refractivity (Wildman–Crippen MR) is 121 cm³/mol. The number of hydrogen-bond donors (Lipinski definition) is 3. The van der Waals surface area contributed by atoms with E-state index in [9.17, 15) is 9.90 Å². The predicted octanol–water partition coefficient (Wildman–Crippen LogP) is 1.14. The number of pyridine rings is 1. The summed E-state index contributed by atoms with van der Waals surface area (Å²) in [6.45, 7) is 1.55. The van der Waals surface area contributed by atoms with Crippen molar-refractivity contribution in [3.63, 3.8) is 0 Å². The van der Waals surface area contributed by atoms with Crippen LogP contribution in [0.25, 0.3) is 22.8 Å². The van der Waals surface area contributed by atoms with E-state index in [-0.39, 0.29) is 12.2 Å². The first-order valence-electron chi connectivity index (χ1n) is 10.7. The minimum absolute atomic E-state index is 0.103. The van der Waals surface area contributed by atoms with Crippen LogP contribution in [-0.2, 0) is 16.9 Å². The van der Waals surface area contributed by atoms with E-state index < -0.39 is 11.5 Å². The smallest absolute Gasteiger partial charge is 0.262 e. The van der Waals surface area contributed by atoms with Crippen molar-refractivity contribution in [2.75, 3.05) is 25.5 Å². The van der Waals surface area contributed by atoms with E-state index in [1.54, 1.807) is 36.1 Å². The molecule has 4 N–H and O–H groups in total. The lowest BCUT2D eigenvalue weighted by Crippen LogP contribution is -2.35. The Balaban J connectivity index is 1.38. The topological polar surface area (TPSA) is 161 Å². The Hall–Kier alpha value is -4.16. The van der Waals surface area contributed by atoms with Crippen molar-refractivity contribution in [3.05, 3.63) is 54.6 Å². The molecule has 1 amide bonds. The fraction of sp³-hybridized carbons (Fsp3) is 0.273. The molecule has 5 rings (SSSR count). The van der Waals surface area contributed by atoms with Crippen LogP contribution in [0, 0.1) is 0 Å². The maximum absolute atomic E-state index is 12.4. The van der Waals surface area contributed by atoms with Gasteiger partial charge >= 0.3 is 0 Å². The van der Waals surface area contributed by atoms with Crippen LogP contribution < -0.4 is 11.1 Å². The molecule has 34 heavy (non-hydrogen) atoms. The van der Waals surface area contributed by atoms with Gasteiger partial charge in [0.2, 0.25) is 11.5 Å². The van der Waals surface area contributed by atoms with E-state index in [1.165, 1.54) is 4.90 Å². The molecule has 174 valence electrons. The summed E-state index contributed by atoms with van der Waals surface area (Å²) in [5, 5.41) is 22.3. The van der Waals surface area contributed by atoms with Gasteiger partial charge in [0, 0.05) is 51.1 Å². The molecule has 0 spiro atoms. The molecule has 0 saturated carbocycles. The van der Waals surface area contributed by atoms with E-state index in [2.05, 4.69) is 30.5 Å².